The Labute approximate surface area is 533 Å². The van der Waals surface area contributed by atoms with Gasteiger partial charge < -0.3 is 189 Å². The molecule has 0 bridgehead atoms. The second kappa shape index (κ2) is 33.0. The third-order valence-electron chi connectivity index (χ3n) is 17.4. The van der Waals surface area contributed by atoms with E-state index in [1.807, 2.05) is 0 Å². The lowest BCUT2D eigenvalue weighted by Gasteiger charge is -2.51. The van der Waals surface area contributed by atoms with Crippen LogP contribution >= 0.6 is 0 Å². The van der Waals surface area contributed by atoms with E-state index in [-0.39, 0.29) is 0 Å². The molecule has 0 spiro atoms. The van der Waals surface area contributed by atoms with Crippen LogP contribution in [-0.4, -0.2) is 399 Å². The number of ether oxygens (including phenoxy) is 15. The highest BCUT2D eigenvalue weighted by Gasteiger charge is 2.60. The van der Waals surface area contributed by atoms with Crippen LogP contribution in [-0.2, 0) is 85.4 Å². The fourth-order valence-corrected chi connectivity index (χ4v) is 12.2. The first-order chi connectivity index (χ1) is 44.4. The van der Waals surface area contributed by atoms with Gasteiger partial charge in [-0.25, -0.2) is 0 Å². The summed E-state index contributed by atoms with van der Waals surface area (Å²) in [6.45, 7) is -0.423. The number of carbonyl (C=O) groups is 3. The highest BCUT2D eigenvalue weighted by Crippen LogP contribution is 2.39. The molecule has 41 nitrogen and oxygen atoms in total. The summed E-state index contributed by atoms with van der Waals surface area (Å²) >= 11 is 0. The van der Waals surface area contributed by atoms with Crippen molar-refractivity contribution in [1.82, 2.24) is 16.0 Å². The van der Waals surface area contributed by atoms with Crippen molar-refractivity contribution >= 4 is 17.7 Å². The minimum absolute atomic E-state index is 0.802. The lowest BCUT2D eigenvalue weighted by Crippen LogP contribution is -2.71. The van der Waals surface area contributed by atoms with E-state index in [0.717, 1.165) is 20.8 Å². The molecule has 8 heterocycles. The number of hydrogen-bond donors (Lipinski definition) is 23. The maximum atomic E-state index is 13.0. The predicted molar refractivity (Wildman–Crippen MR) is 290 cm³/mol. The molecule has 8 fully saturated rings. The van der Waals surface area contributed by atoms with Gasteiger partial charge in [-0.1, -0.05) is 0 Å². The molecule has 0 aromatic rings. The molecular formula is C53H89N3O38. The standard InChI is InChI=1S/C53H89N3O38/c1-12-26(65)33(72)38(77)49(81-12)89-40-19(8-59)87-48(24(31(40)70)55-15(4)63)93-44-35(74)28(67)17(6-57)85-52(44)80-11-22-30(69)36(75)45(94-51-37(76)29(68)18(7-58)84-51)53(88-22)90-41-20(9-60)86-47(23(32(41)71)54-14(3)62)91-42-21(10-61)83-46(79)25(56-16(5)64)43(42)92-50-39(78)34(73)27(66)13(2)82-50/h12-13,17-53,57-61,65-79H,6-11H2,1-5H3,(H,54,62)(H,55,63)(H,56,64)/t12-,13-,17+,18+,19+,20+,21+,22+,23+,24+,25+,26+,27+,28+,29-,30+,31+,32+,33+,34+,35-,36-,37+,38-,39-,40+,41+,42+,43+,44-,45-,46?,47-,48-,49-,50-,51-,52-,53-/m0/s1. The molecule has 0 aliphatic carbocycles. The maximum absolute atomic E-state index is 13.0. The van der Waals surface area contributed by atoms with Crippen LogP contribution in [0.25, 0.3) is 0 Å². The lowest BCUT2D eigenvalue weighted by atomic mass is 9.93. The summed E-state index contributed by atoms with van der Waals surface area (Å²) in [7, 11) is 0. The van der Waals surface area contributed by atoms with Crippen LogP contribution < -0.4 is 16.0 Å². The van der Waals surface area contributed by atoms with Gasteiger partial charge in [-0.15, -0.1) is 0 Å². The highest BCUT2D eigenvalue weighted by molar-refractivity contribution is 5.74. The first-order valence-electron chi connectivity index (χ1n) is 30.2. The van der Waals surface area contributed by atoms with Crippen molar-refractivity contribution in [3.8, 4) is 0 Å². The molecule has 0 aromatic heterocycles. The number of carbonyl (C=O) groups excluding carboxylic acids is 3. The SMILES string of the molecule is CC(=O)N[C@H]1[C@H](O[C@@H]2[C@@H](OC[C@H]3O[C@@H](O[C@H]4[C@H](O)[C@@H](NC(C)=O)[C@H](O[C@H]5[C@H](O[C@@H]6O[C@@H](C)[C@@H](O)[C@@H](O)[C@@H]6O)[C@@H](NC(C)=O)C(O)O[C@@H]5CO)O[C@@H]4CO)[C@@H](O[C@@H]4O[C@H](CO)[C@H](O)[C@H]4O)[C@@H](O)[C@@H]3O)O[C@H](CO)[C@@H](O)[C@@H]2O)O[C@H](CO)[C@@H](O[C@@H]2O[C@@H](C)[C@@H](O)[C@@H](O)[C@@H]2O)[C@@H]1O. The van der Waals surface area contributed by atoms with E-state index in [2.05, 4.69) is 16.0 Å². The van der Waals surface area contributed by atoms with Crippen LogP contribution in [0.1, 0.15) is 34.6 Å². The Bertz CT molecular complexity index is 2420. The summed E-state index contributed by atoms with van der Waals surface area (Å²) in [5, 5.41) is 226. The van der Waals surface area contributed by atoms with Gasteiger partial charge in [0.2, 0.25) is 17.7 Å². The van der Waals surface area contributed by atoms with Crippen molar-refractivity contribution in [3.05, 3.63) is 0 Å². The third-order valence-corrected chi connectivity index (χ3v) is 17.4. The van der Waals surface area contributed by atoms with Gasteiger partial charge in [0.25, 0.3) is 0 Å². The average molecular weight is 1380 g/mol. The van der Waals surface area contributed by atoms with Crippen molar-refractivity contribution in [1.29, 1.82) is 0 Å². The van der Waals surface area contributed by atoms with E-state index in [4.69, 9.17) is 71.1 Å². The Morgan fingerprint density at radius 1 is 0.298 bits per heavy atom. The number of hydrogen-bond acceptors (Lipinski definition) is 38. The largest absolute Gasteiger partial charge is 0.394 e. The molecule has 8 aliphatic heterocycles. The zero-order valence-electron chi connectivity index (χ0n) is 51.1. The van der Waals surface area contributed by atoms with Gasteiger partial charge >= 0.3 is 0 Å². The average Bonchev–Trinajstić information content (AvgIpc) is 0.848. The first-order valence-corrected chi connectivity index (χ1v) is 30.2. The summed E-state index contributed by atoms with van der Waals surface area (Å²) in [6, 6.07) is -5.33. The summed E-state index contributed by atoms with van der Waals surface area (Å²) in [4.78, 5) is 38.3. The normalized spacial score (nSPS) is 50.2. The zero-order chi connectivity index (χ0) is 69.2. The second-order valence-corrected chi connectivity index (χ2v) is 24.1. The molecule has 1 unspecified atom stereocenters. The number of amides is 3. The van der Waals surface area contributed by atoms with Gasteiger partial charge in [0.1, 0.15) is 177 Å². The quantitative estimate of drug-likeness (QED) is 0.0452. The third kappa shape index (κ3) is 16.6. The fourth-order valence-electron chi connectivity index (χ4n) is 12.2. The van der Waals surface area contributed by atoms with E-state index in [1.165, 1.54) is 13.8 Å². The van der Waals surface area contributed by atoms with Crippen LogP contribution in [0.5, 0.6) is 0 Å². The molecule has 3 amide bonds. The van der Waals surface area contributed by atoms with Crippen LogP contribution in [0.15, 0.2) is 0 Å². The Hall–Kier alpha value is -2.99. The van der Waals surface area contributed by atoms with Gasteiger partial charge in [0.05, 0.1) is 51.8 Å². The smallest absolute Gasteiger partial charge is 0.217 e. The van der Waals surface area contributed by atoms with Gasteiger partial charge in [0.15, 0.2) is 50.3 Å². The molecule has 23 N–H and O–H groups in total. The highest BCUT2D eigenvalue weighted by atomic mass is 16.8. The molecule has 41 heteroatoms. The molecule has 94 heavy (non-hydrogen) atoms. The van der Waals surface area contributed by atoms with Crippen LogP contribution in [0.2, 0.25) is 0 Å². The Morgan fingerprint density at radius 3 is 1.07 bits per heavy atom. The Balaban J connectivity index is 1.07. The molecule has 8 aliphatic rings. The maximum Gasteiger partial charge on any atom is 0.217 e. The van der Waals surface area contributed by atoms with Crippen molar-refractivity contribution in [2.24, 2.45) is 0 Å². The van der Waals surface area contributed by atoms with Crippen molar-refractivity contribution in [3.63, 3.8) is 0 Å². The molecule has 8 rings (SSSR count). The summed E-state index contributed by atoms with van der Waals surface area (Å²) in [6.07, 6.45) is -67.7. The van der Waals surface area contributed by atoms with Crippen LogP contribution in [0.3, 0.4) is 0 Å². The van der Waals surface area contributed by atoms with E-state index in [0.29, 0.717) is 0 Å². The van der Waals surface area contributed by atoms with E-state index in [9.17, 15) is 117 Å². The van der Waals surface area contributed by atoms with E-state index >= 15 is 0 Å². The number of nitrogens with one attached hydrogen (secondary N) is 3. The lowest BCUT2D eigenvalue weighted by molar-refractivity contribution is -0.388. The van der Waals surface area contributed by atoms with Crippen molar-refractivity contribution in [2.45, 2.75) is 274 Å². The van der Waals surface area contributed by atoms with E-state index < -0.39 is 297 Å². The molecule has 544 valence electrons. The minimum Gasteiger partial charge on any atom is -0.394 e. The second-order valence-electron chi connectivity index (χ2n) is 24.1. The Morgan fingerprint density at radius 2 is 0.617 bits per heavy atom. The summed E-state index contributed by atoms with van der Waals surface area (Å²) < 4.78 is 88.6. The predicted octanol–water partition coefficient (Wildman–Crippen LogP) is -15.3. The number of aliphatic hydroxyl groups is 20. The molecular weight excluding hydrogens is 1290 g/mol. The van der Waals surface area contributed by atoms with Crippen LogP contribution in [0, 0.1) is 0 Å². The summed E-state index contributed by atoms with van der Waals surface area (Å²) in [5.74, 6) is -2.55. The van der Waals surface area contributed by atoms with Crippen LogP contribution in [0.4, 0.5) is 0 Å². The zero-order valence-corrected chi connectivity index (χ0v) is 51.1. The van der Waals surface area contributed by atoms with Crippen molar-refractivity contribution in [2.75, 3.05) is 39.6 Å². The Kier molecular flexibility index (Phi) is 26.9. The fraction of sp³-hybridized carbons (Fsp3) is 0.943. The van der Waals surface area contributed by atoms with Crippen molar-refractivity contribution < 1.29 is 188 Å². The molecule has 0 aromatic carbocycles. The monoisotopic (exact) mass is 1380 g/mol. The molecule has 8 saturated heterocycles. The van der Waals surface area contributed by atoms with Gasteiger partial charge in [0, 0.05) is 20.8 Å². The van der Waals surface area contributed by atoms with Gasteiger partial charge in [-0.3, -0.25) is 14.4 Å². The molecule has 0 saturated carbocycles. The topological polar surface area (TPSA) is 630 Å². The summed E-state index contributed by atoms with van der Waals surface area (Å²) in [5.41, 5.74) is 0. The minimum atomic E-state index is -2.30. The first kappa shape index (κ1) is 76.8. The molecule has 39 atom stereocenters. The van der Waals surface area contributed by atoms with Gasteiger partial charge in [-0.2, -0.15) is 0 Å². The number of rotatable bonds is 23. The van der Waals surface area contributed by atoms with E-state index in [1.54, 1.807) is 0 Å². The number of aliphatic hydroxyl groups excluding tert-OH is 20. The molecule has 0 radical (unpaired) electrons. The van der Waals surface area contributed by atoms with Gasteiger partial charge in [-0.05, 0) is 13.8 Å².